The molecule has 0 N–H and O–H groups in total. The van der Waals surface area contributed by atoms with Crippen LogP contribution < -0.4 is 4.74 Å². The minimum atomic E-state index is 0. The van der Waals surface area contributed by atoms with E-state index in [1.165, 1.54) is 12.8 Å². The number of rotatable bonds is 4. The summed E-state index contributed by atoms with van der Waals surface area (Å²) in [7, 11) is 2.14. The van der Waals surface area contributed by atoms with Crippen molar-refractivity contribution in [2.24, 2.45) is 0 Å². The van der Waals surface area contributed by atoms with Gasteiger partial charge in [-0.3, -0.25) is 4.98 Å². The lowest BCUT2D eigenvalue weighted by atomic mass is 10.1. The fourth-order valence-electron chi connectivity index (χ4n) is 2.75. The van der Waals surface area contributed by atoms with Gasteiger partial charge in [0.15, 0.2) is 0 Å². The van der Waals surface area contributed by atoms with Gasteiger partial charge in [0, 0.05) is 33.4 Å². The molecule has 7 heteroatoms. The van der Waals surface area contributed by atoms with Gasteiger partial charge in [0.1, 0.15) is 12.4 Å². The van der Waals surface area contributed by atoms with E-state index in [1.807, 2.05) is 18.2 Å². The highest BCUT2D eigenvalue weighted by atomic mass is 35.5. The number of benzene rings is 1. The first kappa shape index (κ1) is 21.3. The van der Waals surface area contributed by atoms with Gasteiger partial charge in [0.25, 0.3) is 0 Å². The van der Waals surface area contributed by atoms with Crippen molar-refractivity contribution in [3.63, 3.8) is 0 Å². The van der Waals surface area contributed by atoms with Gasteiger partial charge in [-0.2, -0.15) is 0 Å². The fraction of sp³-hybridized carbons (Fsp3) is 0.353. The molecule has 3 rings (SSSR count). The van der Waals surface area contributed by atoms with Crippen LogP contribution in [0.1, 0.15) is 12.8 Å². The molecule has 1 atom stereocenters. The maximum absolute atomic E-state index is 6.26. The molecular formula is C17H20Cl4N2O. The second kappa shape index (κ2) is 9.69. The summed E-state index contributed by atoms with van der Waals surface area (Å²) in [5.74, 6) is 0.767. The van der Waals surface area contributed by atoms with E-state index in [1.54, 1.807) is 18.5 Å². The Labute approximate surface area is 165 Å². The molecule has 1 aromatic carbocycles. The zero-order valence-electron chi connectivity index (χ0n) is 13.2. The van der Waals surface area contributed by atoms with E-state index >= 15 is 0 Å². The van der Waals surface area contributed by atoms with Gasteiger partial charge in [-0.25, -0.2) is 0 Å². The second-order valence-corrected chi connectivity index (χ2v) is 6.46. The number of halogens is 4. The van der Waals surface area contributed by atoms with Crippen molar-refractivity contribution in [2.45, 2.75) is 18.9 Å². The van der Waals surface area contributed by atoms with Crippen molar-refractivity contribution in [2.75, 3.05) is 20.2 Å². The number of pyridine rings is 1. The summed E-state index contributed by atoms with van der Waals surface area (Å²) in [6.45, 7) is 1.84. The van der Waals surface area contributed by atoms with Crippen LogP contribution in [-0.2, 0) is 0 Å². The van der Waals surface area contributed by atoms with Crippen molar-refractivity contribution in [1.29, 1.82) is 0 Å². The van der Waals surface area contributed by atoms with Crippen LogP contribution in [0.2, 0.25) is 10.0 Å². The lowest BCUT2D eigenvalue weighted by molar-refractivity contribution is 0.198. The fourth-order valence-corrected chi connectivity index (χ4v) is 3.27. The molecule has 0 radical (unpaired) electrons. The highest BCUT2D eigenvalue weighted by Crippen LogP contribution is 2.31. The normalized spacial score (nSPS) is 17.0. The predicted octanol–water partition coefficient (Wildman–Crippen LogP) is 5.37. The summed E-state index contributed by atoms with van der Waals surface area (Å²) in [6, 6.07) is 7.92. The van der Waals surface area contributed by atoms with E-state index in [0.29, 0.717) is 22.7 Å². The van der Waals surface area contributed by atoms with Crippen LogP contribution in [0, 0.1) is 0 Å². The molecule has 1 saturated heterocycles. The van der Waals surface area contributed by atoms with Gasteiger partial charge in [0.05, 0.1) is 6.20 Å². The van der Waals surface area contributed by atoms with Crippen LogP contribution in [-0.4, -0.2) is 36.1 Å². The minimum absolute atomic E-state index is 0. The number of ether oxygens (including phenoxy) is 1. The maximum Gasteiger partial charge on any atom is 0.138 e. The third-order valence-electron chi connectivity index (χ3n) is 4.07. The van der Waals surface area contributed by atoms with Crippen LogP contribution in [0.4, 0.5) is 0 Å². The Morgan fingerprint density at radius 2 is 2.00 bits per heavy atom. The van der Waals surface area contributed by atoms with Crippen LogP contribution in [0.15, 0.2) is 36.7 Å². The average Bonchev–Trinajstić information content (AvgIpc) is 2.91. The number of likely N-dealkylation sites (tertiary alicyclic amines) is 1. The molecular weight excluding hydrogens is 390 g/mol. The zero-order chi connectivity index (χ0) is 15.5. The van der Waals surface area contributed by atoms with Crippen molar-refractivity contribution in [3.8, 4) is 16.9 Å². The quantitative estimate of drug-likeness (QED) is 0.678. The molecule has 1 fully saturated rings. The van der Waals surface area contributed by atoms with Gasteiger partial charge < -0.3 is 9.64 Å². The largest absolute Gasteiger partial charge is 0.490 e. The predicted molar refractivity (Wildman–Crippen MR) is 105 cm³/mol. The average molecular weight is 410 g/mol. The molecule has 1 aliphatic heterocycles. The maximum atomic E-state index is 6.26. The molecule has 0 amide bonds. The van der Waals surface area contributed by atoms with Crippen LogP contribution in [0.3, 0.4) is 0 Å². The zero-order valence-corrected chi connectivity index (χ0v) is 16.4. The molecule has 0 bridgehead atoms. The summed E-state index contributed by atoms with van der Waals surface area (Å²) < 4.78 is 5.91. The number of hydrogen-bond acceptors (Lipinski definition) is 3. The topological polar surface area (TPSA) is 25.4 Å². The highest BCUT2D eigenvalue weighted by Gasteiger charge is 2.21. The standard InChI is InChI=1S/C17H18Cl2N2O.2ClH/c1-21-6-2-3-14(21)11-22-15-7-12(9-20-10-15)16-5-4-13(18)8-17(16)19;;/h4-5,7-10,14H,2-3,6,11H2,1H3;2*1H/t14-;;/m0../s1. The molecule has 1 aliphatic rings. The summed E-state index contributed by atoms with van der Waals surface area (Å²) in [6.07, 6.45) is 5.95. The number of nitrogens with zero attached hydrogens (tertiary/aromatic N) is 2. The number of aromatic nitrogens is 1. The van der Waals surface area contributed by atoms with E-state index in [-0.39, 0.29) is 24.8 Å². The SMILES string of the molecule is CN1CCC[C@H]1COc1cncc(-c2ccc(Cl)cc2Cl)c1.Cl.Cl. The van der Waals surface area contributed by atoms with Crippen molar-refractivity contribution in [3.05, 3.63) is 46.7 Å². The first-order valence-corrected chi connectivity index (χ1v) is 8.12. The Bertz CT molecular complexity index is 669. The Morgan fingerprint density at radius 1 is 1.21 bits per heavy atom. The summed E-state index contributed by atoms with van der Waals surface area (Å²) in [5.41, 5.74) is 1.83. The van der Waals surface area contributed by atoms with Crippen LogP contribution >= 0.6 is 48.0 Å². The smallest absolute Gasteiger partial charge is 0.138 e. The second-order valence-electron chi connectivity index (χ2n) is 5.62. The molecule has 0 unspecified atom stereocenters. The number of likely N-dealkylation sites (N-methyl/N-ethyl adjacent to an activating group) is 1. The summed E-state index contributed by atoms with van der Waals surface area (Å²) >= 11 is 12.2. The lowest BCUT2D eigenvalue weighted by Crippen LogP contribution is -2.30. The van der Waals surface area contributed by atoms with Gasteiger partial charge in [-0.05, 0) is 44.6 Å². The Morgan fingerprint density at radius 3 is 2.67 bits per heavy atom. The van der Waals surface area contributed by atoms with Crippen molar-refractivity contribution < 1.29 is 4.74 Å². The van der Waals surface area contributed by atoms with E-state index < -0.39 is 0 Å². The first-order chi connectivity index (χ1) is 10.6. The van der Waals surface area contributed by atoms with E-state index in [9.17, 15) is 0 Å². The Balaban J connectivity index is 0.00000144. The van der Waals surface area contributed by atoms with E-state index in [0.717, 1.165) is 23.4 Å². The van der Waals surface area contributed by atoms with E-state index in [4.69, 9.17) is 27.9 Å². The Hall–Kier alpha value is -0.710. The molecule has 2 heterocycles. The first-order valence-electron chi connectivity index (χ1n) is 7.37. The van der Waals surface area contributed by atoms with Crippen LogP contribution in [0.5, 0.6) is 5.75 Å². The van der Waals surface area contributed by atoms with Gasteiger partial charge >= 0.3 is 0 Å². The molecule has 132 valence electrons. The lowest BCUT2D eigenvalue weighted by Gasteiger charge is -2.19. The Kier molecular flexibility index (Phi) is 8.61. The molecule has 0 aliphatic carbocycles. The molecule has 1 aromatic heterocycles. The number of hydrogen-bond donors (Lipinski definition) is 0. The molecule has 0 saturated carbocycles. The molecule has 2 aromatic rings. The third-order valence-corrected chi connectivity index (χ3v) is 4.62. The van der Waals surface area contributed by atoms with Gasteiger partial charge in [0.2, 0.25) is 0 Å². The summed E-state index contributed by atoms with van der Waals surface area (Å²) in [4.78, 5) is 6.60. The molecule has 3 nitrogen and oxygen atoms in total. The van der Waals surface area contributed by atoms with Gasteiger partial charge in [-0.15, -0.1) is 24.8 Å². The van der Waals surface area contributed by atoms with Crippen molar-refractivity contribution >= 4 is 48.0 Å². The molecule has 0 spiro atoms. The monoisotopic (exact) mass is 408 g/mol. The van der Waals surface area contributed by atoms with E-state index in [2.05, 4.69) is 16.9 Å². The summed E-state index contributed by atoms with van der Waals surface area (Å²) in [5, 5.41) is 1.24. The third kappa shape index (κ3) is 5.14. The van der Waals surface area contributed by atoms with Crippen LogP contribution in [0.25, 0.3) is 11.1 Å². The van der Waals surface area contributed by atoms with Crippen molar-refractivity contribution in [1.82, 2.24) is 9.88 Å². The minimum Gasteiger partial charge on any atom is -0.490 e. The van der Waals surface area contributed by atoms with Gasteiger partial charge in [-0.1, -0.05) is 29.3 Å². The highest BCUT2D eigenvalue weighted by molar-refractivity contribution is 6.36. The molecule has 24 heavy (non-hydrogen) atoms.